The van der Waals surface area contributed by atoms with E-state index < -0.39 is 17.4 Å². The molecule has 0 radical (unpaired) electrons. The van der Waals surface area contributed by atoms with E-state index in [4.69, 9.17) is 42.4 Å². The minimum Gasteiger partial charge on any atom is -0.495 e. The first-order valence-corrected chi connectivity index (χ1v) is 13.3. The summed E-state index contributed by atoms with van der Waals surface area (Å²) in [6.45, 7) is 3.87. The van der Waals surface area contributed by atoms with Crippen molar-refractivity contribution in [2.24, 2.45) is 0 Å². The highest BCUT2D eigenvalue weighted by molar-refractivity contribution is 6.33. The van der Waals surface area contributed by atoms with E-state index in [1.165, 1.54) is 32.4 Å². The Bertz CT molecular complexity index is 1760. The summed E-state index contributed by atoms with van der Waals surface area (Å²) in [5, 5.41) is 3.65. The second-order valence-electron chi connectivity index (χ2n) is 9.69. The summed E-state index contributed by atoms with van der Waals surface area (Å²) in [7, 11) is 4.41. The van der Waals surface area contributed by atoms with Crippen LogP contribution in [0, 0.1) is 0 Å². The van der Waals surface area contributed by atoms with Gasteiger partial charge in [0.25, 0.3) is 11.8 Å². The molecule has 0 saturated heterocycles. The fourth-order valence-electron chi connectivity index (χ4n) is 5.58. The van der Waals surface area contributed by atoms with Crippen LogP contribution < -0.4 is 24.4 Å². The number of rotatable bonds is 6. The van der Waals surface area contributed by atoms with Gasteiger partial charge in [0.05, 0.1) is 37.6 Å². The molecule has 2 amide bonds. The van der Waals surface area contributed by atoms with Gasteiger partial charge in [-0.05, 0) is 44.2 Å². The van der Waals surface area contributed by atoms with Gasteiger partial charge in [-0.3, -0.25) is 14.5 Å². The molecule has 1 spiro atoms. The fraction of sp³-hybridized carbons (Fsp3) is 0.250. The van der Waals surface area contributed by atoms with E-state index in [0.717, 1.165) is 0 Å². The van der Waals surface area contributed by atoms with Crippen LogP contribution in [0.5, 0.6) is 17.6 Å². The number of halogens is 2. The number of hydrogen-bond donors (Lipinski definition) is 1. The van der Waals surface area contributed by atoms with E-state index in [0.29, 0.717) is 44.8 Å². The quantitative estimate of drug-likeness (QED) is 0.327. The molecule has 1 N–H and O–H groups in total. The van der Waals surface area contributed by atoms with Gasteiger partial charge in [0.2, 0.25) is 5.88 Å². The van der Waals surface area contributed by atoms with Gasteiger partial charge in [0.15, 0.2) is 11.2 Å². The lowest BCUT2D eigenvalue weighted by molar-refractivity contribution is -0.119. The van der Waals surface area contributed by atoms with Gasteiger partial charge in [0.1, 0.15) is 11.6 Å². The topological polar surface area (TPSA) is 121 Å². The average Bonchev–Trinajstić information content (AvgIpc) is 3.56. The van der Waals surface area contributed by atoms with Gasteiger partial charge in [-0.2, -0.15) is 4.98 Å². The predicted molar refractivity (Wildman–Crippen MR) is 152 cm³/mol. The molecule has 0 saturated carbocycles. The Morgan fingerprint density at radius 3 is 2.41 bits per heavy atom. The second kappa shape index (κ2) is 9.64. The van der Waals surface area contributed by atoms with Crippen LogP contribution in [0.15, 0.2) is 42.6 Å². The van der Waals surface area contributed by atoms with Crippen molar-refractivity contribution in [1.82, 2.24) is 19.5 Å². The Morgan fingerprint density at radius 2 is 1.76 bits per heavy atom. The van der Waals surface area contributed by atoms with Crippen LogP contribution in [0.25, 0.3) is 11.4 Å². The number of hydrogen-bond acceptors (Lipinski definition) is 8. The monoisotopic (exact) mass is 594 g/mol. The number of fused-ring (bicyclic) bond motifs is 4. The predicted octanol–water partition coefficient (Wildman–Crippen LogP) is 5.11. The number of ether oxygens (including phenoxy) is 3. The molecule has 6 rings (SSSR count). The van der Waals surface area contributed by atoms with Gasteiger partial charge < -0.3 is 24.1 Å². The number of carbonyl (C=O) groups is 2. The zero-order chi connectivity index (χ0) is 29.2. The number of aromatic nitrogens is 4. The minimum absolute atomic E-state index is 0.0939. The van der Waals surface area contributed by atoms with Crippen LogP contribution in [0.4, 0.5) is 11.4 Å². The van der Waals surface area contributed by atoms with Crippen LogP contribution >= 0.6 is 23.2 Å². The molecule has 0 aliphatic carbocycles. The Hall–Kier alpha value is -4.35. The molecule has 0 fully saturated rings. The molecule has 2 aromatic carbocycles. The van der Waals surface area contributed by atoms with Crippen molar-refractivity contribution < 1.29 is 23.8 Å². The highest BCUT2D eigenvalue weighted by atomic mass is 35.5. The first-order valence-electron chi connectivity index (χ1n) is 12.5. The molecule has 0 unspecified atom stereocenters. The Kier molecular flexibility index (Phi) is 6.31. The maximum atomic E-state index is 14.4. The van der Waals surface area contributed by atoms with E-state index in [9.17, 15) is 9.59 Å². The number of methoxy groups -OCH3 is 3. The fourth-order valence-corrected chi connectivity index (χ4v) is 6.00. The minimum atomic E-state index is -1.64. The van der Waals surface area contributed by atoms with Crippen molar-refractivity contribution in [3.63, 3.8) is 0 Å². The molecule has 0 bridgehead atoms. The molecule has 11 nitrogen and oxygen atoms in total. The zero-order valence-electron chi connectivity index (χ0n) is 22.7. The van der Waals surface area contributed by atoms with Crippen LogP contribution in [-0.2, 0) is 10.3 Å². The second-order valence-corrected chi connectivity index (χ2v) is 10.5. The highest BCUT2D eigenvalue weighted by Crippen LogP contribution is 2.55. The SMILES string of the molecule is COc1ncc(-c2nc3c(n2C(C)C)[C@@]2(C(=O)Nc4cc(Cl)ccc42)N(c2ccc(OC)c(Cl)c2)C3=O)c(OC)n1. The average molecular weight is 595 g/mol. The summed E-state index contributed by atoms with van der Waals surface area (Å²) in [5.74, 6) is 0.0503. The smallest absolute Gasteiger partial charge is 0.319 e. The van der Waals surface area contributed by atoms with E-state index in [2.05, 4.69) is 15.3 Å². The molecule has 2 aliphatic heterocycles. The largest absolute Gasteiger partial charge is 0.495 e. The molecule has 2 aliphatic rings. The normalized spacial score (nSPS) is 17.2. The van der Waals surface area contributed by atoms with Crippen LogP contribution in [0.3, 0.4) is 0 Å². The Labute approximate surface area is 245 Å². The third-order valence-corrected chi connectivity index (χ3v) is 7.73. The van der Waals surface area contributed by atoms with E-state index >= 15 is 0 Å². The summed E-state index contributed by atoms with van der Waals surface area (Å²) in [6.07, 6.45) is 1.52. The third kappa shape index (κ3) is 3.69. The number of nitrogens with zero attached hydrogens (tertiary/aromatic N) is 5. The number of carbonyl (C=O) groups excluding carboxylic acids is 2. The maximum absolute atomic E-state index is 14.4. The van der Waals surface area contributed by atoms with Crippen molar-refractivity contribution in [1.29, 1.82) is 0 Å². The molecule has 2 aromatic heterocycles. The summed E-state index contributed by atoms with van der Waals surface area (Å²) >= 11 is 12.8. The summed E-state index contributed by atoms with van der Waals surface area (Å²) < 4.78 is 17.9. The zero-order valence-corrected chi connectivity index (χ0v) is 24.2. The van der Waals surface area contributed by atoms with Gasteiger partial charge in [0, 0.05) is 34.2 Å². The summed E-state index contributed by atoms with van der Waals surface area (Å²) in [6, 6.07) is 9.84. The summed E-state index contributed by atoms with van der Waals surface area (Å²) in [4.78, 5) is 43.5. The lowest BCUT2D eigenvalue weighted by atomic mass is 9.87. The number of anilines is 2. The molecule has 1 atom stereocenters. The maximum Gasteiger partial charge on any atom is 0.319 e. The molecule has 210 valence electrons. The lowest BCUT2D eigenvalue weighted by Gasteiger charge is -2.35. The molecular weight excluding hydrogens is 571 g/mol. The molecule has 4 aromatic rings. The van der Waals surface area contributed by atoms with Gasteiger partial charge in [-0.15, -0.1) is 0 Å². The van der Waals surface area contributed by atoms with Gasteiger partial charge in [-0.1, -0.05) is 29.3 Å². The van der Waals surface area contributed by atoms with Crippen molar-refractivity contribution in [2.45, 2.75) is 25.4 Å². The summed E-state index contributed by atoms with van der Waals surface area (Å²) in [5.41, 5.74) is 0.674. The van der Waals surface area contributed by atoms with Gasteiger partial charge >= 0.3 is 6.01 Å². The van der Waals surface area contributed by atoms with Gasteiger partial charge in [-0.25, -0.2) is 9.97 Å². The standard InChI is InChI=1S/C28H24Cl2N6O5/c1-13(2)35-22-21(33-23(35)16-12-31-27(41-5)34-24(16)40-4)25(37)36(15-7-9-20(39-3)18(30)11-15)28(22)17-8-6-14(29)10-19(17)32-26(28)38/h6-13H,1-5H3,(H,32,38)/t28-/m0/s1. The molecule has 13 heteroatoms. The Morgan fingerprint density at radius 1 is 0.976 bits per heavy atom. The number of nitrogens with one attached hydrogen (secondary N) is 1. The first-order chi connectivity index (χ1) is 19.7. The molecular formula is C28H24Cl2N6O5. The molecule has 41 heavy (non-hydrogen) atoms. The van der Waals surface area contributed by atoms with Crippen molar-refractivity contribution in [3.05, 3.63) is 69.6 Å². The third-order valence-electron chi connectivity index (χ3n) is 7.20. The van der Waals surface area contributed by atoms with Crippen molar-refractivity contribution >= 4 is 46.4 Å². The highest BCUT2D eigenvalue weighted by Gasteiger charge is 2.64. The number of benzene rings is 2. The van der Waals surface area contributed by atoms with E-state index in [-0.39, 0.29) is 28.6 Å². The lowest BCUT2D eigenvalue weighted by Crippen LogP contribution is -2.51. The first kappa shape index (κ1) is 26.9. The van der Waals surface area contributed by atoms with Crippen LogP contribution in [0.1, 0.15) is 41.6 Å². The van der Waals surface area contributed by atoms with Crippen LogP contribution in [-0.4, -0.2) is 52.7 Å². The van der Waals surface area contributed by atoms with Crippen molar-refractivity contribution in [3.8, 4) is 29.0 Å². The van der Waals surface area contributed by atoms with E-state index in [1.54, 1.807) is 36.4 Å². The molecule has 4 heterocycles. The number of imidazole rings is 1. The Balaban J connectivity index is 1.70. The van der Waals surface area contributed by atoms with Crippen molar-refractivity contribution in [2.75, 3.05) is 31.5 Å². The van der Waals surface area contributed by atoms with E-state index in [1.807, 2.05) is 18.4 Å². The number of amides is 2. The van der Waals surface area contributed by atoms with Crippen LogP contribution in [0.2, 0.25) is 10.0 Å².